The minimum Gasteiger partial charge on any atom is -0.478 e. The minimum absolute atomic E-state index is 0.0247. The Labute approximate surface area is 89.2 Å². The van der Waals surface area contributed by atoms with Crippen LogP contribution in [0.15, 0.2) is 5.57 Å². The van der Waals surface area contributed by atoms with Crippen LogP contribution in [0.4, 0.5) is 0 Å². The summed E-state index contributed by atoms with van der Waals surface area (Å²) in [5.74, 6) is -0.977. The molecule has 72 valence electrons. The van der Waals surface area contributed by atoms with E-state index in [1.54, 1.807) is 0 Å². The number of halogens is 2. The van der Waals surface area contributed by atoms with Crippen LogP contribution in [0.2, 0.25) is 10.4 Å². The van der Waals surface area contributed by atoms with Crippen molar-refractivity contribution in [1.29, 1.82) is 0 Å². The number of carboxylic acid groups (broad SMARTS) is 1. The van der Waals surface area contributed by atoms with Gasteiger partial charge in [0.2, 0.25) is 5.28 Å². The summed E-state index contributed by atoms with van der Waals surface area (Å²) in [4.78, 5) is 18.3. The number of aromatic nitrogens is 2. The van der Waals surface area contributed by atoms with E-state index in [0.717, 1.165) is 0 Å². The van der Waals surface area contributed by atoms with Gasteiger partial charge in [-0.1, -0.05) is 11.6 Å². The molecule has 1 aromatic heterocycles. The number of hydrogen-bond acceptors (Lipinski definition) is 3. The predicted molar refractivity (Wildman–Crippen MR) is 51.4 cm³/mol. The van der Waals surface area contributed by atoms with E-state index in [2.05, 4.69) is 9.97 Å². The molecule has 2 rings (SSSR count). The Balaban J connectivity index is 2.51. The van der Waals surface area contributed by atoms with E-state index in [1.165, 1.54) is 6.08 Å². The minimum atomic E-state index is -0.977. The maximum atomic E-state index is 10.7. The maximum absolute atomic E-state index is 10.7. The molecule has 14 heavy (non-hydrogen) atoms. The third-order valence-electron chi connectivity index (χ3n) is 1.91. The molecular weight excluding hydrogens is 227 g/mol. The summed E-state index contributed by atoms with van der Waals surface area (Å²) in [5, 5.41) is 8.99. The lowest BCUT2D eigenvalue weighted by atomic mass is 10.2. The zero-order valence-corrected chi connectivity index (χ0v) is 8.30. The van der Waals surface area contributed by atoms with Gasteiger partial charge in [-0.15, -0.1) is 0 Å². The van der Waals surface area contributed by atoms with Gasteiger partial charge < -0.3 is 5.11 Å². The van der Waals surface area contributed by atoms with Crippen molar-refractivity contribution in [3.8, 4) is 0 Å². The lowest BCUT2D eigenvalue weighted by Gasteiger charge is -1.99. The van der Waals surface area contributed by atoms with Crippen molar-refractivity contribution >= 4 is 35.2 Å². The monoisotopic (exact) mass is 230 g/mol. The third-order valence-corrected chi connectivity index (χ3v) is 2.40. The van der Waals surface area contributed by atoms with Gasteiger partial charge in [0.15, 0.2) is 0 Å². The summed E-state index contributed by atoms with van der Waals surface area (Å²) in [6.07, 6.45) is 1.71. The molecule has 1 N–H and O–H groups in total. The lowest BCUT2D eigenvalue weighted by molar-refractivity contribution is -0.132. The van der Waals surface area contributed by atoms with Crippen molar-refractivity contribution < 1.29 is 9.90 Å². The summed E-state index contributed by atoms with van der Waals surface area (Å²) >= 11 is 11.4. The molecule has 0 aromatic carbocycles. The van der Waals surface area contributed by atoms with E-state index in [1.807, 2.05) is 0 Å². The molecule has 0 atom stereocenters. The van der Waals surface area contributed by atoms with E-state index < -0.39 is 5.97 Å². The molecule has 0 saturated carbocycles. The first-order valence-corrected chi connectivity index (χ1v) is 4.49. The topological polar surface area (TPSA) is 63.1 Å². The number of nitrogens with zero attached hydrogens (tertiary/aromatic N) is 2. The van der Waals surface area contributed by atoms with Crippen LogP contribution >= 0.6 is 23.2 Å². The first-order valence-electron chi connectivity index (χ1n) is 3.73. The van der Waals surface area contributed by atoms with Gasteiger partial charge in [0, 0.05) is 17.6 Å². The van der Waals surface area contributed by atoms with Crippen LogP contribution < -0.4 is 0 Å². The van der Waals surface area contributed by atoms with Gasteiger partial charge in [-0.25, -0.2) is 14.8 Å². The Morgan fingerprint density at radius 3 is 2.79 bits per heavy atom. The van der Waals surface area contributed by atoms with Gasteiger partial charge >= 0.3 is 5.97 Å². The van der Waals surface area contributed by atoms with Crippen LogP contribution in [-0.4, -0.2) is 21.0 Å². The van der Waals surface area contributed by atoms with Crippen molar-refractivity contribution in [3.05, 3.63) is 27.3 Å². The Kier molecular flexibility index (Phi) is 2.17. The Bertz CT molecular complexity index is 457. The lowest BCUT2D eigenvalue weighted by Crippen LogP contribution is -2.00. The fraction of sp³-hybridized carbons (Fsp3) is 0.125. The fourth-order valence-electron chi connectivity index (χ4n) is 1.27. The van der Waals surface area contributed by atoms with Gasteiger partial charge in [-0.2, -0.15) is 0 Å². The fourth-order valence-corrected chi connectivity index (χ4v) is 1.74. The highest BCUT2D eigenvalue weighted by molar-refractivity contribution is 6.32. The molecule has 4 nitrogen and oxygen atoms in total. The van der Waals surface area contributed by atoms with Crippen LogP contribution in [0.5, 0.6) is 0 Å². The van der Waals surface area contributed by atoms with Crippen molar-refractivity contribution in [2.75, 3.05) is 0 Å². The molecule has 0 spiro atoms. The number of carbonyl (C=O) groups is 1. The summed E-state index contributed by atoms with van der Waals surface area (Å²) in [5.41, 5.74) is 1.36. The number of hydrogen-bond donors (Lipinski definition) is 1. The summed E-state index contributed by atoms with van der Waals surface area (Å²) < 4.78 is 0. The summed E-state index contributed by atoms with van der Waals surface area (Å²) in [7, 11) is 0. The molecule has 0 fully saturated rings. The second-order valence-corrected chi connectivity index (χ2v) is 3.49. The normalized spacial score (nSPS) is 13.7. The van der Waals surface area contributed by atoms with Gasteiger partial charge in [0.05, 0.1) is 5.69 Å². The van der Waals surface area contributed by atoms with E-state index in [0.29, 0.717) is 11.3 Å². The highest BCUT2D eigenvalue weighted by Crippen LogP contribution is 2.29. The van der Waals surface area contributed by atoms with Crippen LogP contribution in [0.3, 0.4) is 0 Å². The SMILES string of the molecule is O=C(O)C1=Cc2nc(Cl)nc(Cl)c2C1. The van der Waals surface area contributed by atoms with Gasteiger partial charge in [0.1, 0.15) is 5.15 Å². The first kappa shape index (κ1) is 9.43. The standard InChI is InChI=1S/C8H4Cl2N2O2/c9-6-4-1-3(7(13)14)2-5(4)11-8(10)12-6/h2H,1H2,(H,13,14). The summed E-state index contributed by atoms with van der Waals surface area (Å²) in [6.45, 7) is 0. The van der Waals surface area contributed by atoms with Crippen LogP contribution in [0.25, 0.3) is 6.08 Å². The Morgan fingerprint density at radius 1 is 1.43 bits per heavy atom. The maximum Gasteiger partial charge on any atom is 0.331 e. The quantitative estimate of drug-likeness (QED) is 0.591. The predicted octanol–water partition coefficient (Wildman–Crippen LogP) is 1.81. The number of fused-ring (bicyclic) bond motifs is 1. The highest BCUT2D eigenvalue weighted by atomic mass is 35.5. The van der Waals surface area contributed by atoms with Crippen LogP contribution in [-0.2, 0) is 11.2 Å². The molecule has 0 unspecified atom stereocenters. The van der Waals surface area contributed by atoms with E-state index in [4.69, 9.17) is 28.3 Å². The molecule has 1 aromatic rings. The summed E-state index contributed by atoms with van der Waals surface area (Å²) in [6, 6.07) is 0. The molecule has 1 aliphatic carbocycles. The molecule has 0 bridgehead atoms. The molecule has 1 heterocycles. The van der Waals surface area contributed by atoms with E-state index in [9.17, 15) is 4.79 Å². The second-order valence-electron chi connectivity index (χ2n) is 2.80. The Hall–Kier alpha value is -1.13. The molecule has 6 heteroatoms. The number of aliphatic carboxylic acids is 1. The van der Waals surface area contributed by atoms with Gasteiger partial charge in [-0.05, 0) is 17.7 Å². The molecule has 0 radical (unpaired) electrons. The van der Waals surface area contributed by atoms with Crippen molar-refractivity contribution in [3.63, 3.8) is 0 Å². The average Bonchev–Trinajstić information content (AvgIpc) is 2.47. The highest BCUT2D eigenvalue weighted by Gasteiger charge is 2.22. The third kappa shape index (κ3) is 1.47. The van der Waals surface area contributed by atoms with Crippen molar-refractivity contribution in [2.24, 2.45) is 0 Å². The van der Waals surface area contributed by atoms with Crippen molar-refractivity contribution in [2.45, 2.75) is 6.42 Å². The second kappa shape index (κ2) is 3.22. The molecule has 0 amide bonds. The smallest absolute Gasteiger partial charge is 0.331 e. The number of rotatable bonds is 1. The van der Waals surface area contributed by atoms with Gasteiger partial charge in [0.25, 0.3) is 0 Å². The van der Waals surface area contributed by atoms with E-state index in [-0.39, 0.29) is 22.4 Å². The first-order chi connectivity index (χ1) is 6.58. The van der Waals surface area contributed by atoms with E-state index >= 15 is 0 Å². The number of carboxylic acids is 1. The Morgan fingerprint density at radius 2 is 2.14 bits per heavy atom. The molecule has 0 saturated heterocycles. The molecular formula is C8H4Cl2N2O2. The van der Waals surface area contributed by atoms with Crippen LogP contribution in [0, 0.1) is 0 Å². The van der Waals surface area contributed by atoms with Gasteiger partial charge in [-0.3, -0.25) is 0 Å². The zero-order chi connectivity index (χ0) is 10.3. The average molecular weight is 231 g/mol. The molecule has 0 aliphatic heterocycles. The zero-order valence-electron chi connectivity index (χ0n) is 6.79. The van der Waals surface area contributed by atoms with Crippen molar-refractivity contribution in [1.82, 2.24) is 9.97 Å². The van der Waals surface area contributed by atoms with Crippen LogP contribution in [0.1, 0.15) is 11.3 Å². The molecule has 1 aliphatic rings. The largest absolute Gasteiger partial charge is 0.478 e.